The number of aryl methyl sites for hydroxylation is 1. The van der Waals surface area contributed by atoms with Crippen molar-refractivity contribution in [2.75, 3.05) is 6.54 Å². The summed E-state index contributed by atoms with van der Waals surface area (Å²) in [6.07, 6.45) is -0.371. The van der Waals surface area contributed by atoms with Crippen molar-refractivity contribution in [1.29, 1.82) is 0 Å². The fraction of sp³-hybridized carbons (Fsp3) is 0.241. The molecule has 0 aliphatic rings. The van der Waals surface area contributed by atoms with Crippen LogP contribution in [0.3, 0.4) is 0 Å². The van der Waals surface area contributed by atoms with E-state index in [9.17, 15) is 27.9 Å². The molecule has 0 spiro atoms. The van der Waals surface area contributed by atoms with E-state index in [1.54, 1.807) is 0 Å². The molecule has 3 aromatic carbocycles. The van der Waals surface area contributed by atoms with Crippen LogP contribution in [-0.4, -0.2) is 34.7 Å². The number of carbonyl (C=O) groups is 1. The number of halogens is 3. The number of aliphatic hydroxyl groups is 1. The lowest BCUT2D eigenvalue weighted by Crippen LogP contribution is -2.48. The van der Waals surface area contributed by atoms with Crippen LogP contribution in [0.2, 0.25) is 0 Å². The SMILES string of the molecule is CCc1cccc(CNC[C@H](O)[C@H](Cc2cc(F)cc(F)c2)NC(=O)c2cc(=O)[nH]c3ccc(F)cc23)c1. The number of fused-ring (bicyclic) bond motifs is 1. The normalized spacial score (nSPS) is 12.9. The van der Waals surface area contributed by atoms with Crippen LogP contribution in [0.4, 0.5) is 13.2 Å². The van der Waals surface area contributed by atoms with Crippen LogP contribution in [0.15, 0.2) is 71.5 Å². The van der Waals surface area contributed by atoms with Crippen molar-refractivity contribution in [1.82, 2.24) is 15.6 Å². The Morgan fingerprint density at radius 3 is 2.39 bits per heavy atom. The van der Waals surface area contributed by atoms with Gasteiger partial charge in [-0.1, -0.05) is 31.2 Å². The molecule has 9 heteroatoms. The molecule has 0 saturated carbocycles. The zero-order valence-electron chi connectivity index (χ0n) is 20.7. The van der Waals surface area contributed by atoms with E-state index in [4.69, 9.17) is 0 Å². The maximum absolute atomic E-state index is 13.9. The second-order valence-corrected chi connectivity index (χ2v) is 9.17. The van der Waals surface area contributed by atoms with Gasteiger partial charge in [0.2, 0.25) is 5.56 Å². The Bertz CT molecular complexity index is 1490. The van der Waals surface area contributed by atoms with Gasteiger partial charge in [0, 0.05) is 36.1 Å². The Balaban J connectivity index is 1.56. The number of nitrogens with one attached hydrogen (secondary N) is 3. The molecule has 1 amide bonds. The van der Waals surface area contributed by atoms with Crippen LogP contribution in [-0.2, 0) is 19.4 Å². The number of benzene rings is 3. The molecule has 0 saturated heterocycles. The molecule has 6 nitrogen and oxygen atoms in total. The third kappa shape index (κ3) is 6.87. The van der Waals surface area contributed by atoms with Crippen molar-refractivity contribution >= 4 is 16.8 Å². The highest BCUT2D eigenvalue weighted by atomic mass is 19.1. The molecule has 38 heavy (non-hydrogen) atoms. The van der Waals surface area contributed by atoms with Crippen LogP contribution in [0.1, 0.15) is 34.0 Å². The van der Waals surface area contributed by atoms with Crippen LogP contribution in [0, 0.1) is 17.5 Å². The fourth-order valence-corrected chi connectivity index (χ4v) is 4.39. The molecule has 1 heterocycles. The Labute approximate surface area is 217 Å². The third-order valence-corrected chi connectivity index (χ3v) is 6.29. The number of aliphatic hydroxyl groups excluding tert-OH is 1. The smallest absolute Gasteiger partial charge is 0.252 e. The van der Waals surface area contributed by atoms with Gasteiger partial charge in [0.05, 0.1) is 17.7 Å². The Morgan fingerprint density at radius 2 is 1.66 bits per heavy atom. The molecule has 0 aliphatic heterocycles. The average Bonchev–Trinajstić information content (AvgIpc) is 2.87. The highest BCUT2D eigenvalue weighted by molar-refractivity contribution is 6.06. The van der Waals surface area contributed by atoms with Crippen LogP contribution in [0.5, 0.6) is 0 Å². The molecule has 198 valence electrons. The monoisotopic (exact) mass is 523 g/mol. The molecule has 2 atom stereocenters. The number of rotatable bonds is 10. The molecule has 4 aromatic rings. The largest absolute Gasteiger partial charge is 0.390 e. The van der Waals surface area contributed by atoms with Crippen molar-refractivity contribution < 1.29 is 23.1 Å². The molecule has 4 rings (SSSR count). The van der Waals surface area contributed by atoms with Gasteiger partial charge in [0.25, 0.3) is 5.91 Å². The number of pyridine rings is 1. The number of hydrogen-bond donors (Lipinski definition) is 4. The van der Waals surface area contributed by atoms with Gasteiger partial charge < -0.3 is 20.7 Å². The van der Waals surface area contributed by atoms with E-state index in [1.807, 2.05) is 24.3 Å². The zero-order chi connectivity index (χ0) is 27.2. The Hall–Kier alpha value is -3.95. The standard InChI is InChI=1S/C29H28F3N3O3/c1-2-17-4-3-5-18(8-17)15-33-16-27(36)26(11-19-9-21(31)12-22(32)10-19)35-29(38)24-14-28(37)34-25-7-6-20(30)13-23(24)25/h3-10,12-14,26-27,33,36H,2,11,15-16H2,1H3,(H,34,37)(H,35,38)/t26-,27-/m0/s1. The first-order chi connectivity index (χ1) is 18.2. The predicted molar refractivity (Wildman–Crippen MR) is 139 cm³/mol. The van der Waals surface area contributed by atoms with Crippen molar-refractivity contribution in [3.05, 3.63) is 117 Å². The first-order valence-electron chi connectivity index (χ1n) is 12.3. The number of aromatic nitrogens is 1. The summed E-state index contributed by atoms with van der Waals surface area (Å²) in [6, 6.07) is 14.6. The molecular weight excluding hydrogens is 495 g/mol. The number of aromatic amines is 1. The number of amides is 1. The minimum Gasteiger partial charge on any atom is -0.390 e. The van der Waals surface area contributed by atoms with Gasteiger partial charge in [-0.3, -0.25) is 9.59 Å². The first-order valence-corrected chi connectivity index (χ1v) is 12.3. The molecular formula is C29H28F3N3O3. The lowest BCUT2D eigenvalue weighted by Gasteiger charge is -2.25. The van der Waals surface area contributed by atoms with E-state index in [2.05, 4.69) is 22.5 Å². The lowest BCUT2D eigenvalue weighted by molar-refractivity contribution is 0.0831. The van der Waals surface area contributed by atoms with Gasteiger partial charge in [-0.2, -0.15) is 0 Å². The van der Waals surface area contributed by atoms with Gasteiger partial charge in [-0.15, -0.1) is 0 Å². The Kier molecular flexibility index (Phi) is 8.60. The summed E-state index contributed by atoms with van der Waals surface area (Å²) >= 11 is 0. The maximum Gasteiger partial charge on any atom is 0.252 e. The molecule has 0 unspecified atom stereocenters. The van der Waals surface area contributed by atoms with Gasteiger partial charge in [0.15, 0.2) is 0 Å². The highest BCUT2D eigenvalue weighted by Crippen LogP contribution is 2.18. The van der Waals surface area contributed by atoms with Crippen LogP contribution < -0.4 is 16.2 Å². The molecule has 0 bridgehead atoms. The number of H-pyrrole nitrogens is 1. The summed E-state index contributed by atoms with van der Waals surface area (Å²) < 4.78 is 41.6. The van der Waals surface area contributed by atoms with E-state index in [0.29, 0.717) is 6.54 Å². The van der Waals surface area contributed by atoms with Crippen molar-refractivity contribution in [3.63, 3.8) is 0 Å². The van der Waals surface area contributed by atoms with E-state index in [-0.39, 0.29) is 35.0 Å². The summed E-state index contributed by atoms with van der Waals surface area (Å²) in [5, 5.41) is 17.0. The number of carbonyl (C=O) groups excluding carboxylic acids is 1. The van der Waals surface area contributed by atoms with E-state index in [1.165, 1.54) is 11.6 Å². The van der Waals surface area contributed by atoms with Crippen molar-refractivity contribution in [3.8, 4) is 0 Å². The molecule has 1 aromatic heterocycles. The average molecular weight is 524 g/mol. The third-order valence-electron chi connectivity index (χ3n) is 6.29. The first kappa shape index (κ1) is 27.1. The number of hydrogen-bond acceptors (Lipinski definition) is 4. The van der Waals surface area contributed by atoms with Crippen LogP contribution in [0.25, 0.3) is 10.9 Å². The lowest BCUT2D eigenvalue weighted by atomic mass is 9.99. The Morgan fingerprint density at radius 1 is 0.921 bits per heavy atom. The quantitative estimate of drug-likeness (QED) is 0.253. The van der Waals surface area contributed by atoms with Gasteiger partial charge >= 0.3 is 0 Å². The summed E-state index contributed by atoms with van der Waals surface area (Å²) in [4.78, 5) is 27.9. The van der Waals surface area contributed by atoms with E-state index >= 15 is 0 Å². The minimum atomic E-state index is -1.16. The summed E-state index contributed by atoms with van der Waals surface area (Å²) in [7, 11) is 0. The molecule has 0 fully saturated rings. The minimum absolute atomic E-state index is 0.0594. The van der Waals surface area contributed by atoms with Gasteiger partial charge in [-0.05, 0) is 59.9 Å². The van der Waals surface area contributed by atoms with E-state index in [0.717, 1.165) is 48.4 Å². The van der Waals surface area contributed by atoms with E-state index < -0.39 is 41.1 Å². The molecule has 0 aliphatic carbocycles. The molecule has 0 radical (unpaired) electrons. The second-order valence-electron chi connectivity index (χ2n) is 9.17. The van der Waals surface area contributed by atoms with Gasteiger partial charge in [-0.25, -0.2) is 13.2 Å². The summed E-state index contributed by atoms with van der Waals surface area (Å²) in [5.74, 6) is -2.90. The van der Waals surface area contributed by atoms with Crippen molar-refractivity contribution in [2.45, 2.75) is 38.5 Å². The summed E-state index contributed by atoms with van der Waals surface area (Å²) in [5.41, 5.74) is 2.03. The maximum atomic E-state index is 13.9. The van der Waals surface area contributed by atoms with Gasteiger partial charge in [0.1, 0.15) is 17.5 Å². The highest BCUT2D eigenvalue weighted by Gasteiger charge is 2.24. The predicted octanol–water partition coefficient (Wildman–Crippen LogP) is 4.00. The summed E-state index contributed by atoms with van der Waals surface area (Å²) in [6.45, 7) is 2.57. The second kappa shape index (κ2) is 12.1. The van der Waals surface area contributed by atoms with Crippen LogP contribution >= 0.6 is 0 Å². The zero-order valence-corrected chi connectivity index (χ0v) is 20.7. The topological polar surface area (TPSA) is 94.2 Å². The molecule has 4 N–H and O–H groups in total. The van der Waals surface area contributed by atoms with Crippen molar-refractivity contribution in [2.24, 2.45) is 0 Å². The fourth-order valence-electron chi connectivity index (χ4n) is 4.39.